The number of oxazole rings is 1. The van der Waals surface area contributed by atoms with E-state index in [2.05, 4.69) is 5.32 Å². The van der Waals surface area contributed by atoms with E-state index in [4.69, 9.17) is 14.9 Å². The predicted octanol–water partition coefficient (Wildman–Crippen LogP) is 1.62. The van der Waals surface area contributed by atoms with Crippen LogP contribution in [-0.4, -0.2) is 52.7 Å². The van der Waals surface area contributed by atoms with Crippen LogP contribution in [0, 0.1) is 17.2 Å². The Morgan fingerprint density at radius 2 is 1.92 bits per heavy atom. The number of rotatable bonds is 5. The Morgan fingerprint density at radius 3 is 2.53 bits per heavy atom. The number of benzene rings is 2. The average Bonchev–Trinajstić information content (AvgIpc) is 2.99. The lowest BCUT2D eigenvalue weighted by atomic mass is 9.82. The molecule has 0 saturated carbocycles. The predicted molar refractivity (Wildman–Crippen MR) is 121 cm³/mol. The van der Waals surface area contributed by atoms with Crippen molar-refractivity contribution in [2.24, 2.45) is 18.7 Å². The number of nitrogens with zero attached hydrogens (tertiary/aromatic N) is 2. The van der Waals surface area contributed by atoms with Crippen molar-refractivity contribution in [3.05, 3.63) is 58.6 Å². The highest BCUT2D eigenvalue weighted by Gasteiger charge is 2.58. The molecule has 12 heteroatoms. The molecule has 2 aromatic carbocycles. The zero-order valence-electron chi connectivity index (χ0n) is 19.1. The van der Waals surface area contributed by atoms with E-state index in [1.807, 2.05) is 6.07 Å². The molecule has 1 aromatic heterocycles. The number of fused-ring (bicyclic) bond motifs is 1. The summed E-state index contributed by atoms with van der Waals surface area (Å²) in [5, 5.41) is 22.2. The second-order valence-electron chi connectivity index (χ2n) is 8.87. The zero-order valence-corrected chi connectivity index (χ0v) is 19.1. The summed E-state index contributed by atoms with van der Waals surface area (Å²) in [4.78, 5) is 24.1. The molecule has 2 unspecified atom stereocenters. The summed E-state index contributed by atoms with van der Waals surface area (Å²) in [6.07, 6.45) is -5.06. The maximum atomic E-state index is 13.3. The Bertz CT molecular complexity index is 1390. The highest BCUT2D eigenvalue weighted by molar-refractivity contribution is 5.85. The van der Waals surface area contributed by atoms with Crippen molar-refractivity contribution >= 4 is 17.0 Å². The molecule has 0 spiro atoms. The zero-order chi connectivity index (χ0) is 26.3. The van der Waals surface area contributed by atoms with Crippen molar-refractivity contribution in [1.29, 1.82) is 5.26 Å². The third-order valence-electron chi connectivity index (χ3n) is 6.56. The topological polar surface area (TPSA) is 144 Å². The van der Waals surface area contributed by atoms with E-state index in [1.165, 1.54) is 4.57 Å². The van der Waals surface area contributed by atoms with E-state index in [-0.39, 0.29) is 6.42 Å². The number of halogens is 3. The maximum Gasteiger partial charge on any atom is 0.420 e. The summed E-state index contributed by atoms with van der Waals surface area (Å²) >= 11 is 0. The van der Waals surface area contributed by atoms with Gasteiger partial charge >= 0.3 is 11.9 Å². The van der Waals surface area contributed by atoms with Gasteiger partial charge in [-0.3, -0.25) is 9.36 Å². The molecule has 36 heavy (non-hydrogen) atoms. The van der Waals surface area contributed by atoms with Gasteiger partial charge in [0, 0.05) is 20.1 Å². The van der Waals surface area contributed by atoms with Crippen LogP contribution in [0.15, 0.2) is 51.7 Å². The number of nitriles is 1. The lowest BCUT2D eigenvalue weighted by molar-refractivity contribution is -0.275. The van der Waals surface area contributed by atoms with E-state index in [9.17, 15) is 33.1 Å². The molecule has 1 fully saturated rings. The molecule has 0 aliphatic carbocycles. The van der Waals surface area contributed by atoms with Crippen LogP contribution in [0.25, 0.3) is 22.2 Å². The van der Waals surface area contributed by atoms with Crippen LogP contribution in [0.4, 0.5) is 13.2 Å². The fourth-order valence-electron chi connectivity index (χ4n) is 4.23. The molecular formula is C24H23F3N4O5. The number of aromatic nitrogens is 1. The largest absolute Gasteiger partial charge is 0.420 e. The number of nitrogens with two attached hydrogens (primary N) is 1. The lowest BCUT2D eigenvalue weighted by Crippen LogP contribution is -2.57. The van der Waals surface area contributed by atoms with Crippen molar-refractivity contribution < 1.29 is 32.2 Å². The van der Waals surface area contributed by atoms with E-state index in [1.54, 1.807) is 49.5 Å². The Morgan fingerprint density at radius 1 is 1.25 bits per heavy atom. The standard InChI is InChI=1S/C24H23F3N4O5/c1-31-18-9-16(6-7-19(18)36-21(31)33)15-4-2-14(3-5-15)8-17(10-28)23(20(29)32)12-30-11-22(34,13-35-23)24(25,26)27/h2-7,9,17,30,34H,8,11-13H2,1H3,(H2,29,32)/t17-,22?,23?/m0/s1. The van der Waals surface area contributed by atoms with Crippen LogP contribution in [0.1, 0.15) is 5.56 Å². The Balaban J connectivity index is 1.58. The first kappa shape index (κ1) is 25.4. The highest BCUT2D eigenvalue weighted by atomic mass is 19.4. The molecule has 9 nitrogen and oxygen atoms in total. The summed E-state index contributed by atoms with van der Waals surface area (Å²) < 4.78 is 51.7. The molecule has 0 radical (unpaired) electrons. The average molecular weight is 504 g/mol. The smallest absolute Gasteiger partial charge is 0.408 e. The SMILES string of the molecule is Cn1c(=O)oc2ccc(-c3ccc(C[C@@H](C#N)C4(C(N)=O)CNCC(O)(C(F)(F)F)CO4)cc3)cc21. The number of aryl methyl sites for hydroxylation is 1. The van der Waals surface area contributed by atoms with E-state index in [0.717, 1.165) is 11.1 Å². The number of amides is 1. The Labute approximate surface area is 202 Å². The second-order valence-corrected chi connectivity index (χ2v) is 8.87. The first-order valence-electron chi connectivity index (χ1n) is 10.9. The Hall–Kier alpha value is -3.66. The van der Waals surface area contributed by atoms with Gasteiger partial charge in [0.15, 0.2) is 16.8 Å². The number of β-amino-alcohol motifs (C(OH)–C–C–N with tert-alkyl or cyclic N) is 1. The van der Waals surface area contributed by atoms with Crippen LogP contribution in [0.3, 0.4) is 0 Å². The fourth-order valence-corrected chi connectivity index (χ4v) is 4.23. The molecule has 4 N–H and O–H groups in total. The number of aliphatic hydroxyl groups is 1. The summed E-state index contributed by atoms with van der Waals surface area (Å²) in [6, 6.07) is 14.2. The van der Waals surface area contributed by atoms with Gasteiger partial charge < -0.3 is 25.3 Å². The minimum absolute atomic E-state index is 0.0406. The number of carbonyl (C=O) groups is 1. The molecule has 0 bridgehead atoms. The third kappa shape index (κ3) is 4.37. The minimum atomic E-state index is -5.02. The fraction of sp³-hybridized carbons (Fsp3) is 0.375. The quantitative estimate of drug-likeness (QED) is 0.479. The van der Waals surface area contributed by atoms with E-state index in [0.29, 0.717) is 16.7 Å². The van der Waals surface area contributed by atoms with Crippen LogP contribution in [0.2, 0.25) is 0 Å². The number of carbonyl (C=O) groups excluding carboxylic acids is 1. The van der Waals surface area contributed by atoms with E-state index >= 15 is 0 Å². The van der Waals surface area contributed by atoms with Gasteiger partial charge in [-0.1, -0.05) is 30.3 Å². The van der Waals surface area contributed by atoms with Crippen LogP contribution < -0.4 is 16.8 Å². The number of hydrogen-bond donors (Lipinski definition) is 3. The lowest BCUT2D eigenvalue weighted by Gasteiger charge is -2.34. The summed E-state index contributed by atoms with van der Waals surface area (Å²) in [7, 11) is 1.59. The van der Waals surface area contributed by atoms with Gasteiger partial charge in [0.1, 0.15) is 0 Å². The Kier molecular flexibility index (Phi) is 6.42. The molecule has 4 rings (SSSR count). The molecule has 3 atom stereocenters. The van der Waals surface area contributed by atoms with E-state index < -0.39 is 54.7 Å². The molecule has 1 aliphatic rings. The van der Waals surface area contributed by atoms with Crippen LogP contribution in [-0.2, 0) is 23.0 Å². The van der Waals surface area contributed by atoms with Gasteiger partial charge in [-0.2, -0.15) is 18.4 Å². The van der Waals surface area contributed by atoms with Gasteiger partial charge in [-0.05, 0) is 35.2 Å². The molecule has 3 aromatic rings. The number of ether oxygens (including phenoxy) is 1. The number of primary amides is 1. The first-order valence-corrected chi connectivity index (χ1v) is 10.9. The summed E-state index contributed by atoms with van der Waals surface area (Å²) in [5.74, 6) is -2.82. The summed E-state index contributed by atoms with van der Waals surface area (Å²) in [6.45, 7) is -2.63. The van der Waals surface area contributed by atoms with Gasteiger partial charge in [0.2, 0.25) is 0 Å². The van der Waals surface area contributed by atoms with Gasteiger partial charge in [0.05, 0.1) is 24.1 Å². The molecule has 1 amide bonds. The summed E-state index contributed by atoms with van der Waals surface area (Å²) in [5.41, 5.74) is 3.48. The molecule has 190 valence electrons. The molecule has 1 aliphatic heterocycles. The van der Waals surface area contributed by atoms with Crippen molar-refractivity contribution in [3.63, 3.8) is 0 Å². The van der Waals surface area contributed by atoms with Crippen LogP contribution >= 0.6 is 0 Å². The van der Waals surface area contributed by atoms with Crippen molar-refractivity contribution in [2.45, 2.75) is 23.8 Å². The second kappa shape index (κ2) is 9.09. The number of nitrogens with one attached hydrogen (secondary N) is 1. The van der Waals surface area contributed by atoms with Crippen molar-refractivity contribution in [2.75, 3.05) is 19.7 Å². The third-order valence-corrected chi connectivity index (χ3v) is 6.56. The molecule has 2 heterocycles. The normalized spacial score (nSPS) is 23.7. The van der Waals surface area contributed by atoms with Gasteiger partial charge in [0.25, 0.3) is 5.91 Å². The van der Waals surface area contributed by atoms with Crippen molar-refractivity contribution in [3.8, 4) is 17.2 Å². The molecule has 1 saturated heterocycles. The van der Waals surface area contributed by atoms with Crippen LogP contribution in [0.5, 0.6) is 0 Å². The van der Waals surface area contributed by atoms with Crippen molar-refractivity contribution in [1.82, 2.24) is 9.88 Å². The highest BCUT2D eigenvalue weighted by Crippen LogP contribution is 2.36. The minimum Gasteiger partial charge on any atom is -0.408 e. The number of alkyl halides is 3. The van der Waals surface area contributed by atoms with Gasteiger partial charge in [-0.25, -0.2) is 4.79 Å². The molecular weight excluding hydrogens is 481 g/mol. The maximum absolute atomic E-state index is 13.3. The monoisotopic (exact) mass is 504 g/mol. The van der Waals surface area contributed by atoms with Gasteiger partial charge in [-0.15, -0.1) is 0 Å². The first-order chi connectivity index (χ1) is 16.9. The number of hydrogen-bond acceptors (Lipinski definition) is 7.